The number of alkyl halides is 3. The summed E-state index contributed by atoms with van der Waals surface area (Å²) < 4.78 is 38.2. The summed E-state index contributed by atoms with van der Waals surface area (Å²) in [4.78, 5) is 3.86. The second-order valence-electron chi connectivity index (χ2n) is 3.50. The zero-order chi connectivity index (χ0) is 13.3. The molecular weight excluding hydrogens is 269 g/mol. The lowest BCUT2D eigenvalue weighted by molar-refractivity contribution is 0.0393. The fourth-order valence-electron chi connectivity index (χ4n) is 1.48. The van der Waals surface area contributed by atoms with Gasteiger partial charge in [-0.15, -0.1) is 0 Å². The number of hydrogen-bond acceptors (Lipinski definition) is 3. The molecule has 94 valence electrons. The van der Waals surface area contributed by atoms with E-state index in [1.165, 1.54) is 12.1 Å². The van der Waals surface area contributed by atoms with Crippen molar-refractivity contribution < 1.29 is 13.2 Å². The van der Waals surface area contributed by atoms with E-state index in [1.54, 1.807) is 6.07 Å². The van der Waals surface area contributed by atoms with Crippen LogP contribution < -0.4 is 0 Å². The number of fused-ring (bicyclic) bond motifs is 1. The normalized spacial score (nSPS) is 12.9. The molecule has 0 aromatic carbocycles. The number of nitriles is 1. The summed E-state index contributed by atoms with van der Waals surface area (Å²) in [6.45, 7) is -0.677. The molecule has 1 atom stereocenters. The van der Waals surface area contributed by atoms with E-state index in [9.17, 15) is 13.2 Å². The first-order valence-electron chi connectivity index (χ1n) is 4.88. The number of halogens is 4. The lowest BCUT2D eigenvalue weighted by Crippen LogP contribution is -2.20. The summed E-state index contributed by atoms with van der Waals surface area (Å²) in [5.41, 5.74) is 0.109. The maximum Gasteiger partial charge on any atom is 0.271 e. The number of aromatic nitrogens is 3. The van der Waals surface area contributed by atoms with Gasteiger partial charge in [0.25, 0.3) is 6.43 Å². The van der Waals surface area contributed by atoms with Crippen LogP contribution in [0.3, 0.4) is 0 Å². The van der Waals surface area contributed by atoms with Gasteiger partial charge in [-0.3, -0.25) is 0 Å². The highest BCUT2D eigenvalue weighted by Gasteiger charge is 2.22. The largest absolute Gasteiger partial charge is 0.271 e. The predicted molar refractivity (Wildman–Crippen MR) is 58.2 cm³/mol. The van der Waals surface area contributed by atoms with E-state index in [4.69, 9.17) is 16.9 Å². The SMILES string of the molecule is N#Cc1nn(CC(F)C(F)F)c2nc(Cl)ccc12. The Morgan fingerprint density at radius 2 is 2.11 bits per heavy atom. The van der Waals surface area contributed by atoms with Gasteiger partial charge in [-0.25, -0.2) is 22.8 Å². The molecule has 1 unspecified atom stereocenters. The van der Waals surface area contributed by atoms with E-state index in [-0.39, 0.29) is 16.5 Å². The number of hydrogen-bond donors (Lipinski definition) is 0. The van der Waals surface area contributed by atoms with Crippen LogP contribution in [-0.2, 0) is 6.54 Å². The van der Waals surface area contributed by atoms with Gasteiger partial charge in [-0.2, -0.15) is 10.4 Å². The summed E-state index contributed by atoms with van der Waals surface area (Å²) in [5, 5.41) is 13.0. The van der Waals surface area contributed by atoms with E-state index < -0.39 is 19.1 Å². The third kappa shape index (κ3) is 2.24. The maximum absolute atomic E-state index is 13.0. The molecule has 0 saturated heterocycles. The Hall–Kier alpha value is -1.81. The molecule has 0 saturated carbocycles. The van der Waals surface area contributed by atoms with E-state index in [0.717, 1.165) is 4.68 Å². The van der Waals surface area contributed by atoms with Gasteiger partial charge in [-0.1, -0.05) is 11.6 Å². The monoisotopic (exact) mass is 274 g/mol. The Morgan fingerprint density at radius 3 is 2.72 bits per heavy atom. The predicted octanol–water partition coefficient (Wildman–Crippen LogP) is 2.56. The fraction of sp³-hybridized carbons (Fsp3) is 0.300. The second kappa shape index (κ2) is 4.82. The molecule has 8 heteroatoms. The first-order chi connectivity index (χ1) is 8.52. The summed E-state index contributed by atoms with van der Waals surface area (Å²) in [7, 11) is 0. The molecule has 4 nitrogen and oxygen atoms in total. The molecule has 0 aliphatic carbocycles. The van der Waals surface area contributed by atoms with Gasteiger partial charge >= 0.3 is 0 Å². The van der Waals surface area contributed by atoms with Gasteiger partial charge in [0.05, 0.1) is 11.9 Å². The van der Waals surface area contributed by atoms with Gasteiger partial charge in [0.1, 0.15) is 11.2 Å². The molecule has 0 spiro atoms. The van der Waals surface area contributed by atoms with Crippen molar-refractivity contribution in [3.05, 3.63) is 23.0 Å². The number of nitrogens with zero attached hydrogens (tertiary/aromatic N) is 4. The molecule has 0 amide bonds. The number of pyridine rings is 1. The van der Waals surface area contributed by atoms with Gasteiger partial charge in [0.15, 0.2) is 17.5 Å². The Kier molecular flexibility index (Phi) is 3.39. The van der Waals surface area contributed by atoms with Crippen molar-refractivity contribution in [2.45, 2.75) is 19.1 Å². The van der Waals surface area contributed by atoms with Crippen molar-refractivity contribution in [2.75, 3.05) is 0 Å². The average molecular weight is 275 g/mol. The molecule has 2 rings (SSSR count). The molecule has 18 heavy (non-hydrogen) atoms. The fourth-order valence-corrected chi connectivity index (χ4v) is 1.63. The number of rotatable bonds is 3. The maximum atomic E-state index is 13.0. The van der Waals surface area contributed by atoms with Crippen molar-refractivity contribution >= 4 is 22.6 Å². The summed E-state index contributed by atoms with van der Waals surface area (Å²) in [5.74, 6) is 0. The zero-order valence-electron chi connectivity index (χ0n) is 8.82. The molecule has 0 aliphatic rings. The smallest absolute Gasteiger partial charge is 0.243 e. The molecule has 2 aromatic heterocycles. The minimum atomic E-state index is -3.12. The Balaban J connectivity index is 2.50. The molecule has 2 aromatic rings. The first-order valence-corrected chi connectivity index (χ1v) is 5.26. The Morgan fingerprint density at radius 1 is 1.39 bits per heavy atom. The Bertz CT molecular complexity index is 619. The van der Waals surface area contributed by atoms with Crippen LogP contribution in [0.25, 0.3) is 11.0 Å². The van der Waals surface area contributed by atoms with Crippen LogP contribution in [0, 0.1) is 11.3 Å². The third-order valence-corrected chi connectivity index (χ3v) is 2.50. The minimum Gasteiger partial charge on any atom is -0.243 e. The van der Waals surface area contributed by atoms with Crippen LogP contribution in [0.15, 0.2) is 12.1 Å². The molecule has 0 fully saturated rings. The van der Waals surface area contributed by atoms with Gasteiger partial charge < -0.3 is 0 Å². The summed E-state index contributed by atoms with van der Waals surface area (Å²) >= 11 is 5.67. The lowest BCUT2D eigenvalue weighted by Gasteiger charge is -2.07. The quantitative estimate of drug-likeness (QED) is 0.808. The highest BCUT2D eigenvalue weighted by Crippen LogP contribution is 2.20. The van der Waals surface area contributed by atoms with E-state index in [2.05, 4.69) is 10.1 Å². The molecular formula is C10H6ClF3N4. The van der Waals surface area contributed by atoms with Crippen molar-refractivity contribution in [1.82, 2.24) is 14.8 Å². The van der Waals surface area contributed by atoms with Crippen LogP contribution in [-0.4, -0.2) is 27.4 Å². The molecule has 2 heterocycles. The van der Waals surface area contributed by atoms with Gasteiger partial charge in [0.2, 0.25) is 0 Å². The standard InChI is InChI=1S/C10H6ClF3N4/c11-8-2-1-5-7(3-15)17-18(10(5)16-8)4-6(12)9(13)14/h1-2,6,9H,4H2. The molecule has 0 radical (unpaired) electrons. The van der Waals surface area contributed by atoms with E-state index in [0.29, 0.717) is 5.39 Å². The summed E-state index contributed by atoms with van der Waals surface area (Å²) in [6.07, 6.45) is -5.49. The van der Waals surface area contributed by atoms with Crippen LogP contribution in [0.4, 0.5) is 13.2 Å². The highest BCUT2D eigenvalue weighted by atomic mass is 35.5. The van der Waals surface area contributed by atoms with Crippen LogP contribution in [0.1, 0.15) is 5.69 Å². The van der Waals surface area contributed by atoms with Crippen LogP contribution >= 0.6 is 11.6 Å². The summed E-state index contributed by atoms with van der Waals surface area (Å²) in [6, 6.07) is 4.72. The topological polar surface area (TPSA) is 54.5 Å². The van der Waals surface area contributed by atoms with Gasteiger partial charge in [0, 0.05) is 0 Å². The minimum absolute atomic E-state index is 0.00404. The molecule has 0 bridgehead atoms. The van der Waals surface area contributed by atoms with Crippen LogP contribution in [0.5, 0.6) is 0 Å². The van der Waals surface area contributed by atoms with E-state index in [1.807, 2.05) is 0 Å². The molecule has 0 N–H and O–H groups in total. The lowest BCUT2D eigenvalue weighted by atomic mass is 10.3. The van der Waals surface area contributed by atoms with Crippen molar-refractivity contribution in [3.63, 3.8) is 0 Å². The Labute approximate surface area is 105 Å². The van der Waals surface area contributed by atoms with Crippen molar-refractivity contribution in [3.8, 4) is 6.07 Å². The molecule has 0 aliphatic heterocycles. The first kappa shape index (κ1) is 12.6. The zero-order valence-corrected chi connectivity index (χ0v) is 9.57. The third-order valence-electron chi connectivity index (χ3n) is 2.29. The van der Waals surface area contributed by atoms with E-state index >= 15 is 0 Å². The van der Waals surface area contributed by atoms with Crippen molar-refractivity contribution in [2.24, 2.45) is 0 Å². The second-order valence-corrected chi connectivity index (χ2v) is 3.89. The average Bonchev–Trinajstić information content (AvgIpc) is 2.66. The van der Waals surface area contributed by atoms with Crippen LogP contribution in [0.2, 0.25) is 5.15 Å². The van der Waals surface area contributed by atoms with Crippen molar-refractivity contribution in [1.29, 1.82) is 5.26 Å². The highest BCUT2D eigenvalue weighted by molar-refractivity contribution is 6.29. The van der Waals surface area contributed by atoms with Gasteiger partial charge in [-0.05, 0) is 12.1 Å².